The molecule has 0 spiro atoms. The smallest absolute Gasteiger partial charge is 0.270 e. The molecule has 0 radical (unpaired) electrons. The highest BCUT2D eigenvalue weighted by Crippen LogP contribution is 2.16. The van der Waals surface area contributed by atoms with Crippen molar-refractivity contribution in [1.82, 2.24) is 19.9 Å². The Balaban J connectivity index is 2.12. The highest BCUT2D eigenvalue weighted by atomic mass is 32.2. The molecule has 0 saturated carbocycles. The van der Waals surface area contributed by atoms with Gasteiger partial charge in [-0.2, -0.15) is 0 Å². The first-order valence-electron chi connectivity index (χ1n) is 7.51. The summed E-state index contributed by atoms with van der Waals surface area (Å²) < 4.78 is 26.7. The number of hydrogen-bond acceptors (Lipinski definition) is 4. The Morgan fingerprint density at radius 3 is 2.82 bits per heavy atom. The summed E-state index contributed by atoms with van der Waals surface area (Å²) in [5.74, 6) is -0.161. The third kappa shape index (κ3) is 3.88. The Morgan fingerprint density at radius 1 is 1.45 bits per heavy atom. The zero-order valence-corrected chi connectivity index (χ0v) is 14.0. The van der Waals surface area contributed by atoms with E-state index in [1.54, 1.807) is 18.7 Å². The van der Waals surface area contributed by atoms with Crippen molar-refractivity contribution in [3.63, 3.8) is 0 Å². The van der Waals surface area contributed by atoms with Gasteiger partial charge in [-0.05, 0) is 39.8 Å². The number of carbonyl (C=O) groups excluding carboxylic acids is 1. The van der Waals surface area contributed by atoms with Crippen LogP contribution in [0.3, 0.4) is 0 Å². The molecule has 1 aromatic heterocycles. The summed E-state index contributed by atoms with van der Waals surface area (Å²) in [6.07, 6.45) is 3.35. The number of aromatic nitrogens is 1. The van der Waals surface area contributed by atoms with Gasteiger partial charge in [0.25, 0.3) is 5.91 Å². The first-order chi connectivity index (χ1) is 10.3. The number of amides is 1. The van der Waals surface area contributed by atoms with E-state index in [1.807, 2.05) is 7.05 Å². The van der Waals surface area contributed by atoms with Crippen LogP contribution in [0.5, 0.6) is 0 Å². The van der Waals surface area contributed by atoms with E-state index in [0.29, 0.717) is 24.8 Å². The molecule has 1 aliphatic rings. The summed E-state index contributed by atoms with van der Waals surface area (Å²) in [5, 5.41) is 3.18. The second kappa shape index (κ2) is 6.80. The molecule has 22 heavy (non-hydrogen) atoms. The van der Waals surface area contributed by atoms with Crippen molar-refractivity contribution in [3.8, 4) is 0 Å². The summed E-state index contributed by atoms with van der Waals surface area (Å²) in [7, 11) is -1.70. The lowest BCUT2D eigenvalue weighted by atomic mass is 10.1. The van der Waals surface area contributed by atoms with E-state index in [4.69, 9.17) is 0 Å². The number of nitrogens with one attached hydrogen (secondary N) is 3. The number of likely N-dealkylation sites (N-methyl/N-ethyl adjacent to an activating group) is 1. The van der Waals surface area contributed by atoms with E-state index in [9.17, 15) is 13.2 Å². The van der Waals surface area contributed by atoms with Gasteiger partial charge in [-0.15, -0.1) is 0 Å². The normalized spacial score (nSPS) is 19.6. The minimum Gasteiger partial charge on any atom is -0.356 e. The second-order valence-electron chi connectivity index (χ2n) is 5.90. The second-order valence-corrected chi connectivity index (χ2v) is 7.62. The van der Waals surface area contributed by atoms with Gasteiger partial charge in [-0.3, -0.25) is 4.79 Å². The number of H-pyrrole nitrogens is 1. The zero-order chi connectivity index (χ0) is 16.3. The average molecular weight is 328 g/mol. The molecule has 1 amide bonds. The lowest BCUT2D eigenvalue weighted by molar-refractivity contribution is 0.0693. The molecule has 124 valence electrons. The van der Waals surface area contributed by atoms with Crippen LogP contribution in [-0.4, -0.2) is 56.4 Å². The first kappa shape index (κ1) is 17.0. The predicted octanol–water partition coefficient (Wildman–Crippen LogP) is 0.525. The summed E-state index contributed by atoms with van der Waals surface area (Å²) in [4.78, 5) is 17.1. The van der Waals surface area contributed by atoms with Crippen LogP contribution in [0.2, 0.25) is 0 Å². The maximum atomic E-state index is 12.5. The van der Waals surface area contributed by atoms with Crippen LogP contribution in [0.25, 0.3) is 0 Å². The number of carbonyl (C=O) groups is 1. The van der Waals surface area contributed by atoms with Gasteiger partial charge in [-0.25, -0.2) is 13.1 Å². The average Bonchev–Trinajstić information content (AvgIpc) is 2.96. The molecule has 1 saturated heterocycles. The molecule has 1 aromatic rings. The quantitative estimate of drug-likeness (QED) is 0.735. The maximum absolute atomic E-state index is 12.5. The molecule has 0 bridgehead atoms. The number of nitrogens with zero attached hydrogens (tertiary/aromatic N) is 1. The monoisotopic (exact) mass is 328 g/mol. The highest BCUT2D eigenvalue weighted by molar-refractivity contribution is 7.89. The van der Waals surface area contributed by atoms with Crippen LogP contribution in [-0.2, 0) is 10.0 Å². The Bertz CT molecular complexity index is 624. The number of sulfonamides is 1. The van der Waals surface area contributed by atoms with Gasteiger partial charge in [0.2, 0.25) is 10.0 Å². The van der Waals surface area contributed by atoms with Crippen molar-refractivity contribution in [1.29, 1.82) is 0 Å². The fourth-order valence-electron chi connectivity index (χ4n) is 2.60. The van der Waals surface area contributed by atoms with Crippen molar-refractivity contribution >= 4 is 15.9 Å². The van der Waals surface area contributed by atoms with Crippen LogP contribution in [0.15, 0.2) is 17.2 Å². The summed E-state index contributed by atoms with van der Waals surface area (Å²) in [6, 6.07) is 1.49. The fourth-order valence-corrected chi connectivity index (χ4v) is 3.84. The largest absolute Gasteiger partial charge is 0.356 e. The Morgan fingerprint density at radius 2 is 2.18 bits per heavy atom. The minimum absolute atomic E-state index is 0.0896. The van der Waals surface area contributed by atoms with Crippen molar-refractivity contribution in [2.75, 3.05) is 20.1 Å². The molecule has 1 atom stereocenters. The molecule has 1 aliphatic heterocycles. The van der Waals surface area contributed by atoms with Crippen LogP contribution in [0.4, 0.5) is 0 Å². The van der Waals surface area contributed by atoms with Crippen molar-refractivity contribution in [2.45, 2.75) is 43.7 Å². The molecule has 0 aromatic carbocycles. The van der Waals surface area contributed by atoms with Crippen LogP contribution in [0, 0.1) is 0 Å². The molecular weight excluding hydrogens is 304 g/mol. The SMILES string of the molecule is CNC1CCCN(C(=O)c2cc(S(=O)(=O)NC(C)C)c[nH]2)C1. The molecule has 2 heterocycles. The fraction of sp³-hybridized carbons (Fsp3) is 0.643. The van der Waals surface area contributed by atoms with E-state index >= 15 is 0 Å². The number of likely N-dealkylation sites (tertiary alicyclic amines) is 1. The van der Waals surface area contributed by atoms with Crippen molar-refractivity contribution < 1.29 is 13.2 Å². The summed E-state index contributed by atoms with van der Waals surface area (Å²) >= 11 is 0. The Hall–Kier alpha value is -1.38. The number of rotatable bonds is 5. The van der Waals surface area contributed by atoms with Crippen LogP contribution >= 0.6 is 0 Å². The number of piperidine rings is 1. The topological polar surface area (TPSA) is 94.3 Å². The molecule has 2 rings (SSSR count). The van der Waals surface area contributed by atoms with Gasteiger partial charge in [-0.1, -0.05) is 0 Å². The summed E-state index contributed by atoms with van der Waals surface area (Å²) in [6.45, 7) is 4.84. The molecule has 1 unspecified atom stereocenters. The maximum Gasteiger partial charge on any atom is 0.270 e. The number of aromatic amines is 1. The van der Waals surface area contributed by atoms with Gasteiger partial charge in [0, 0.05) is 31.4 Å². The Labute approximate surface area is 131 Å². The lowest BCUT2D eigenvalue weighted by Crippen LogP contribution is -2.47. The van der Waals surface area contributed by atoms with E-state index in [0.717, 1.165) is 12.8 Å². The van der Waals surface area contributed by atoms with Gasteiger partial charge in [0.05, 0.1) is 0 Å². The zero-order valence-electron chi connectivity index (χ0n) is 13.2. The van der Waals surface area contributed by atoms with Gasteiger partial charge in [0.15, 0.2) is 0 Å². The number of hydrogen-bond donors (Lipinski definition) is 3. The van der Waals surface area contributed by atoms with E-state index in [2.05, 4.69) is 15.0 Å². The van der Waals surface area contributed by atoms with Crippen LogP contribution in [0.1, 0.15) is 37.2 Å². The molecular formula is C14H24N4O3S. The first-order valence-corrected chi connectivity index (χ1v) is 8.99. The van der Waals surface area contributed by atoms with Crippen LogP contribution < -0.4 is 10.0 Å². The van der Waals surface area contributed by atoms with Gasteiger partial charge in [0.1, 0.15) is 10.6 Å². The third-order valence-corrected chi connectivity index (χ3v) is 5.34. The highest BCUT2D eigenvalue weighted by Gasteiger charge is 2.26. The molecule has 8 heteroatoms. The van der Waals surface area contributed by atoms with Crippen molar-refractivity contribution in [3.05, 3.63) is 18.0 Å². The van der Waals surface area contributed by atoms with E-state index in [1.165, 1.54) is 12.3 Å². The molecule has 0 aliphatic carbocycles. The standard InChI is InChI=1S/C14H24N4O3S/c1-10(2)17-22(20,21)12-7-13(16-8-12)14(19)18-6-4-5-11(9-18)15-3/h7-8,10-11,15-17H,4-6,9H2,1-3H3. The molecule has 7 nitrogen and oxygen atoms in total. The van der Waals surface area contributed by atoms with E-state index < -0.39 is 10.0 Å². The van der Waals surface area contributed by atoms with E-state index in [-0.39, 0.29) is 16.8 Å². The minimum atomic E-state index is -3.58. The Kier molecular flexibility index (Phi) is 5.25. The third-order valence-electron chi connectivity index (χ3n) is 3.70. The summed E-state index contributed by atoms with van der Waals surface area (Å²) in [5.41, 5.74) is 0.306. The molecule has 1 fully saturated rings. The predicted molar refractivity (Wildman–Crippen MR) is 84.2 cm³/mol. The molecule has 3 N–H and O–H groups in total. The van der Waals surface area contributed by atoms with Crippen molar-refractivity contribution in [2.24, 2.45) is 0 Å². The van der Waals surface area contributed by atoms with Gasteiger partial charge < -0.3 is 15.2 Å². The lowest BCUT2D eigenvalue weighted by Gasteiger charge is -2.32. The van der Waals surface area contributed by atoms with Gasteiger partial charge >= 0.3 is 0 Å².